The van der Waals surface area contributed by atoms with Gasteiger partial charge in [0.1, 0.15) is 35.6 Å². The van der Waals surface area contributed by atoms with Gasteiger partial charge in [-0.1, -0.05) is 62.4 Å². The Morgan fingerprint density at radius 1 is 0.966 bits per heavy atom. The second-order valence-corrected chi connectivity index (χ2v) is 17.8. The number of esters is 3. The quantitative estimate of drug-likeness (QED) is 0.161. The van der Waals surface area contributed by atoms with E-state index in [2.05, 4.69) is 5.32 Å². The van der Waals surface area contributed by atoms with Gasteiger partial charge in [0.05, 0.1) is 35.6 Å². The molecule has 1 aliphatic heterocycles. The summed E-state index contributed by atoms with van der Waals surface area (Å²) in [6.07, 6.45) is -10.5. The molecule has 1 saturated heterocycles. The van der Waals surface area contributed by atoms with Gasteiger partial charge < -0.3 is 49.1 Å². The zero-order valence-electron chi connectivity index (χ0n) is 34.8. The molecule has 1 amide bonds. The summed E-state index contributed by atoms with van der Waals surface area (Å²) >= 11 is 0. The Morgan fingerprint density at radius 3 is 2.12 bits per heavy atom. The van der Waals surface area contributed by atoms with Crippen LogP contribution in [0.15, 0.2) is 71.8 Å². The average Bonchev–Trinajstić information content (AvgIpc) is 3.16. The van der Waals surface area contributed by atoms with Gasteiger partial charge in [0, 0.05) is 32.3 Å². The van der Waals surface area contributed by atoms with Gasteiger partial charge in [-0.05, 0) is 63.5 Å². The zero-order valence-corrected chi connectivity index (χ0v) is 34.8. The molecular formula is C44H55NO14. The number of amides is 1. The Kier molecular flexibility index (Phi) is 11.7. The third-order valence-electron chi connectivity index (χ3n) is 12.8. The standard InChI is InChI=1S/C44H55NO14/c1-23-27(56-38(51)32(48)31(25-16-12-10-13-17-25)45-39(52)59-40(3,4)5)21-44(53)36(57-37(50)26-18-14-11-15-19-26)34-42(8,35(49)33(54-9)30(23)41(44,6)7)28(47)20-29-43(34,22-55-29)58-24(2)46/h10-19,27-29,31-34,36,47-48,53H,20-22H2,1-9H3,(H,45,52)/t27-,28+,29+,31-,32+,33+,34-,36-,42+,43-,44+/m0/s1. The van der Waals surface area contributed by atoms with E-state index in [1.807, 2.05) is 0 Å². The summed E-state index contributed by atoms with van der Waals surface area (Å²) < 4.78 is 35.8. The summed E-state index contributed by atoms with van der Waals surface area (Å²) in [5, 5.41) is 39.8. The Morgan fingerprint density at radius 2 is 1.58 bits per heavy atom. The van der Waals surface area contributed by atoms with Gasteiger partial charge in [-0.15, -0.1) is 0 Å². The van der Waals surface area contributed by atoms with Gasteiger partial charge in [-0.25, -0.2) is 14.4 Å². The highest BCUT2D eigenvalue weighted by Crippen LogP contribution is 2.64. The molecule has 2 bridgehead atoms. The first-order chi connectivity index (χ1) is 27.5. The number of aliphatic hydroxyl groups excluding tert-OH is 2. The molecule has 3 aliphatic carbocycles. The molecule has 59 heavy (non-hydrogen) atoms. The number of hydrogen-bond acceptors (Lipinski definition) is 14. The van der Waals surface area contributed by atoms with Gasteiger partial charge in [0.25, 0.3) is 0 Å². The van der Waals surface area contributed by atoms with Crippen LogP contribution in [0.25, 0.3) is 0 Å². The maximum Gasteiger partial charge on any atom is 0.408 e. The highest BCUT2D eigenvalue weighted by Gasteiger charge is 2.78. The van der Waals surface area contributed by atoms with E-state index in [0.717, 1.165) is 0 Å². The number of hydrogen-bond donors (Lipinski definition) is 4. The molecular weight excluding hydrogens is 766 g/mol. The van der Waals surface area contributed by atoms with Crippen LogP contribution in [0.2, 0.25) is 0 Å². The van der Waals surface area contributed by atoms with E-state index in [-0.39, 0.29) is 24.2 Å². The number of ether oxygens (including phenoxy) is 6. The predicted octanol–water partition coefficient (Wildman–Crippen LogP) is 3.91. The molecule has 15 nitrogen and oxygen atoms in total. The smallest absolute Gasteiger partial charge is 0.408 e. The average molecular weight is 822 g/mol. The van der Waals surface area contributed by atoms with Crippen molar-refractivity contribution in [1.82, 2.24) is 5.32 Å². The molecule has 4 N–H and O–H groups in total. The lowest BCUT2D eigenvalue weighted by Crippen LogP contribution is -2.81. The third kappa shape index (κ3) is 7.45. The summed E-state index contributed by atoms with van der Waals surface area (Å²) in [6, 6.07) is 14.9. The number of aliphatic hydroxyl groups is 3. The molecule has 1 heterocycles. The first kappa shape index (κ1) is 43.9. The number of benzene rings is 2. The monoisotopic (exact) mass is 821 g/mol. The lowest BCUT2D eigenvalue weighted by atomic mass is 9.44. The second kappa shape index (κ2) is 15.7. The number of ketones is 1. The molecule has 0 unspecified atom stereocenters. The van der Waals surface area contributed by atoms with E-state index in [4.69, 9.17) is 28.4 Å². The molecule has 2 aromatic carbocycles. The molecule has 0 spiro atoms. The fourth-order valence-electron chi connectivity index (χ4n) is 9.75. The first-order valence-corrected chi connectivity index (χ1v) is 19.7. The third-order valence-corrected chi connectivity index (χ3v) is 12.8. The van der Waals surface area contributed by atoms with Crippen LogP contribution in [-0.2, 0) is 42.8 Å². The minimum Gasteiger partial charge on any atom is -0.456 e. The summed E-state index contributed by atoms with van der Waals surface area (Å²) in [5.74, 6) is -4.91. The summed E-state index contributed by atoms with van der Waals surface area (Å²) in [5.41, 5.74) is -7.29. The summed E-state index contributed by atoms with van der Waals surface area (Å²) in [4.78, 5) is 69.6. The molecule has 0 radical (unpaired) electrons. The van der Waals surface area contributed by atoms with Crippen LogP contribution >= 0.6 is 0 Å². The van der Waals surface area contributed by atoms with Crippen molar-refractivity contribution in [1.29, 1.82) is 0 Å². The number of Topliss-reactive ketones (excluding diaryl/α,β-unsaturated/α-hetero) is 1. The molecule has 0 aromatic heterocycles. The van der Waals surface area contributed by atoms with Crippen molar-refractivity contribution in [2.45, 2.75) is 128 Å². The number of alkyl carbamates (subject to hydrolysis) is 1. The first-order valence-electron chi connectivity index (χ1n) is 19.7. The number of carbonyl (C=O) groups is 5. The SMILES string of the molecule is CO[C@H]1C(=O)[C@]2(C)[C@H](O)C[C@H]3OC[C@@]3(OC(C)=O)[C@H]2[C@H](OC(=O)c2ccccc2)[C@]2(O)C[C@H](OC(=O)[C@H](O)[C@@H](NC(=O)OC(C)(C)C)c3ccccc3)C(C)=C1C2(C)C. The maximum absolute atomic E-state index is 15.3. The highest BCUT2D eigenvalue weighted by molar-refractivity contribution is 5.94. The fraction of sp³-hybridized carbons (Fsp3) is 0.568. The van der Waals surface area contributed by atoms with E-state index in [1.165, 1.54) is 33.1 Å². The Labute approximate surface area is 343 Å². The van der Waals surface area contributed by atoms with Crippen molar-refractivity contribution in [3.63, 3.8) is 0 Å². The molecule has 2 aromatic rings. The van der Waals surface area contributed by atoms with E-state index in [1.54, 1.807) is 90.1 Å². The van der Waals surface area contributed by atoms with Crippen LogP contribution in [0.1, 0.15) is 90.2 Å². The Balaban J connectivity index is 1.51. The van der Waals surface area contributed by atoms with Crippen molar-refractivity contribution < 1.29 is 67.7 Å². The van der Waals surface area contributed by atoms with Crippen LogP contribution in [0.3, 0.4) is 0 Å². The van der Waals surface area contributed by atoms with E-state index in [0.29, 0.717) is 11.1 Å². The van der Waals surface area contributed by atoms with Crippen LogP contribution in [0.5, 0.6) is 0 Å². The van der Waals surface area contributed by atoms with Gasteiger partial charge >= 0.3 is 24.0 Å². The van der Waals surface area contributed by atoms with Crippen molar-refractivity contribution >= 4 is 29.8 Å². The molecule has 2 saturated carbocycles. The maximum atomic E-state index is 15.3. The van der Waals surface area contributed by atoms with Crippen molar-refractivity contribution in [2.24, 2.45) is 16.7 Å². The number of fused-ring (bicyclic) bond motifs is 5. The summed E-state index contributed by atoms with van der Waals surface area (Å²) in [7, 11) is 1.29. The number of methoxy groups -OCH3 is 1. The topological polar surface area (TPSA) is 213 Å². The second-order valence-electron chi connectivity index (χ2n) is 17.8. The van der Waals surface area contributed by atoms with E-state index >= 15 is 4.79 Å². The van der Waals surface area contributed by atoms with Crippen molar-refractivity contribution in [3.05, 3.63) is 82.9 Å². The van der Waals surface area contributed by atoms with Crippen molar-refractivity contribution in [2.75, 3.05) is 13.7 Å². The Bertz CT molecular complexity index is 1990. The molecule has 11 atom stereocenters. The van der Waals surface area contributed by atoms with Crippen LogP contribution < -0.4 is 5.32 Å². The molecule has 6 rings (SSSR count). The summed E-state index contributed by atoms with van der Waals surface area (Å²) in [6.45, 7) is 12.3. The van der Waals surface area contributed by atoms with Crippen LogP contribution in [-0.4, -0.2) is 112 Å². The van der Waals surface area contributed by atoms with Gasteiger partial charge in [0.2, 0.25) is 0 Å². The van der Waals surface area contributed by atoms with E-state index in [9.17, 15) is 34.5 Å². The minimum atomic E-state index is -2.27. The molecule has 4 aliphatic rings. The Hall–Kier alpha value is -4.67. The fourth-order valence-corrected chi connectivity index (χ4v) is 9.75. The normalized spacial score (nSPS) is 33.3. The predicted molar refractivity (Wildman–Crippen MR) is 208 cm³/mol. The number of carbonyl (C=O) groups excluding carboxylic acids is 5. The lowest BCUT2D eigenvalue weighted by molar-refractivity contribution is -0.346. The van der Waals surface area contributed by atoms with Gasteiger partial charge in [-0.3, -0.25) is 9.59 Å². The van der Waals surface area contributed by atoms with Gasteiger partial charge in [0.15, 0.2) is 17.5 Å². The van der Waals surface area contributed by atoms with Crippen LogP contribution in [0, 0.1) is 16.7 Å². The number of rotatable bonds is 9. The zero-order chi connectivity index (χ0) is 43.5. The largest absolute Gasteiger partial charge is 0.456 e. The van der Waals surface area contributed by atoms with Crippen molar-refractivity contribution in [3.8, 4) is 0 Å². The highest BCUT2D eigenvalue weighted by atomic mass is 16.6. The lowest BCUT2D eigenvalue weighted by Gasteiger charge is -2.67. The van der Waals surface area contributed by atoms with Gasteiger partial charge in [-0.2, -0.15) is 0 Å². The van der Waals surface area contributed by atoms with E-state index < -0.39 is 112 Å². The molecule has 320 valence electrons. The van der Waals surface area contributed by atoms with Crippen LogP contribution in [0.4, 0.5) is 4.79 Å². The molecule has 3 fully saturated rings. The minimum absolute atomic E-state index is 0.108. The molecule has 15 heteroatoms. The number of nitrogens with one attached hydrogen (secondary N) is 1.